The van der Waals surface area contributed by atoms with Gasteiger partial charge in [0, 0.05) is 31.2 Å². The summed E-state index contributed by atoms with van der Waals surface area (Å²) in [6, 6.07) is 8.05. The molecule has 0 aromatic heterocycles. The Balaban J connectivity index is 1.87. The number of hydrogen-bond donors (Lipinski definition) is 0. The van der Waals surface area contributed by atoms with Gasteiger partial charge in [-0.05, 0) is 68.5 Å². The molecule has 1 aromatic carbocycles. The van der Waals surface area contributed by atoms with Gasteiger partial charge in [0.05, 0.1) is 0 Å². The summed E-state index contributed by atoms with van der Waals surface area (Å²) in [7, 11) is 6.68. The van der Waals surface area contributed by atoms with Crippen molar-refractivity contribution in [1.82, 2.24) is 4.90 Å². The molecule has 0 spiro atoms. The predicted molar refractivity (Wildman–Crippen MR) is 89.1 cm³/mol. The van der Waals surface area contributed by atoms with Crippen molar-refractivity contribution in [3.63, 3.8) is 0 Å². The van der Waals surface area contributed by atoms with Crippen LogP contribution < -0.4 is 4.90 Å². The molecule has 0 N–H and O–H groups in total. The zero-order chi connectivity index (χ0) is 14.6. The average molecular weight is 284 g/mol. The van der Waals surface area contributed by atoms with Crippen LogP contribution in [0.3, 0.4) is 0 Å². The van der Waals surface area contributed by atoms with E-state index in [4.69, 9.17) is 0 Å². The number of likely N-dealkylation sites (N-methyl/N-ethyl adjacent to an activating group) is 1. The smallest absolute Gasteiger partial charge is 0.0364 e. The highest BCUT2D eigenvalue weighted by Gasteiger charge is 2.52. The zero-order valence-corrected chi connectivity index (χ0v) is 13.7. The van der Waals surface area contributed by atoms with Gasteiger partial charge in [0.25, 0.3) is 0 Å². The number of hydrogen-bond acceptors (Lipinski definition) is 2. The van der Waals surface area contributed by atoms with Crippen LogP contribution >= 0.6 is 0 Å². The minimum Gasteiger partial charge on any atom is -0.378 e. The van der Waals surface area contributed by atoms with E-state index in [2.05, 4.69) is 49.1 Å². The second-order valence-corrected chi connectivity index (χ2v) is 7.75. The van der Waals surface area contributed by atoms with Gasteiger partial charge in [-0.3, -0.25) is 0 Å². The summed E-state index contributed by atoms with van der Waals surface area (Å²) in [5, 5.41) is 0. The Bertz CT molecular complexity index is 550. The molecule has 1 saturated carbocycles. The quantitative estimate of drug-likeness (QED) is 0.779. The minimum atomic E-state index is 0.495. The van der Waals surface area contributed by atoms with E-state index in [-0.39, 0.29) is 0 Å². The normalized spacial score (nSPS) is 35.0. The van der Waals surface area contributed by atoms with Crippen molar-refractivity contribution in [1.29, 1.82) is 0 Å². The number of rotatable bonds is 1. The Morgan fingerprint density at radius 1 is 1.19 bits per heavy atom. The van der Waals surface area contributed by atoms with E-state index in [1.54, 1.807) is 11.1 Å². The summed E-state index contributed by atoms with van der Waals surface area (Å²) in [6.07, 6.45) is 8.38. The van der Waals surface area contributed by atoms with Crippen LogP contribution in [0.5, 0.6) is 0 Å². The van der Waals surface area contributed by atoms with E-state index in [0.29, 0.717) is 5.41 Å². The zero-order valence-electron chi connectivity index (χ0n) is 13.7. The summed E-state index contributed by atoms with van der Waals surface area (Å²) in [5.74, 6) is 0.898. The number of benzene rings is 1. The number of piperidine rings is 1. The lowest BCUT2D eigenvalue weighted by molar-refractivity contribution is 0.00289. The van der Waals surface area contributed by atoms with Crippen molar-refractivity contribution in [3.8, 4) is 0 Å². The van der Waals surface area contributed by atoms with Gasteiger partial charge in [0.2, 0.25) is 0 Å². The first-order chi connectivity index (χ1) is 10.1. The lowest BCUT2D eigenvalue weighted by Crippen LogP contribution is -2.59. The van der Waals surface area contributed by atoms with Crippen LogP contribution in [0.25, 0.3) is 0 Å². The molecule has 2 bridgehead atoms. The second-order valence-electron chi connectivity index (χ2n) is 7.75. The Hall–Kier alpha value is -1.02. The van der Waals surface area contributed by atoms with E-state index in [1.165, 1.54) is 50.8 Å². The highest BCUT2D eigenvalue weighted by molar-refractivity contribution is 5.54. The maximum atomic E-state index is 2.65. The van der Waals surface area contributed by atoms with Gasteiger partial charge in [0.15, 0.2) is 0 Å². The molecule has 114 valence electrons. The molecular formula is C19H28N2. The molecule has 1 aromatic rings. The Labute approximate surface area is 129 Å². The summed E-state index contributed by atoms with van der Waals surface area (Å²) in [4.78, 5) is 4.91. The van der Waals surface area contributed by atoms with E-state index in [0.717, 1.165) is 12.0 Å². The van der Waals surface area contributed by atoms with Crippen molar-refractivity contribution < 1.29 is 0 Å². The second kappa shape index (κ2) is 4.74. The summed E-state index contributed by atoms with van der Waals surface area (Å²) >= 11 is 0. The first kappa shape index (κ1) is 13.6. The van der Waals surface area contributed by atoms with Crippen molar-refractivity contribution in [2.75, 3.05) is 32.6 Å². The van der Waals surface area contributed by atoms with Crippen molar-refractivity contribution in [3.05, 3.63) is 29.3 Å². The molecule has 21 heavy (non-hydrogen) atoms. The fraction of sp³-hybridized carbons (Fsp3) is 0.684. The van der Waals surface area contributed by atoms with Crippen LogP contribution in [-0.4, -0.2) is 38.6 Å². The standard InChI is InChI=1S/C19H28N2/c1-20(2)15-8-7-14-12-18-16-6-4-5-9-19(16,17(14)13-15)10-11-21(18)3/h7-8,13,16,18H,4-6,9-12H2,1-3H3/t16?,18-,19+/m1/s1. The van der Waals surface area contributed by atoms with Crippen LogP contribution in [-0.2, 0) is 11.8 Å². The first-order valence-corrected chi connectivity index (χ1v) is 8.63. The molecule has 0 radical (unpaired) electrons. The van der Waals surface area contributed by atoms with E-state index < -0.39 is 0 Å². The predicted octanol–water partition coefficient (Wildman–Crippen LogP) is 3.44. The van der Waals surface area contributed by atoms with Gasteiger partial charge in [-0.15, -0.1) is 0 Å². The fourth-order valence-electron chi connectivity index (χ4n) is 5.46. The summed E-state index contributed by atoms with van der Waals surface area (Å²) < 4.78 is 0. The molecule has 0 amide bonds. The summed E-state index contributed by atoms with van der Waals surface area (Å²) in [5.41, 5.74) is 5.22. The highest BCUT2D eigenvalue weighted by Crippen LogP contribution is 2.55. The van der Waals surface area contributed by atoms with Gasteiger partial charge in [0.1, 0.15) is 0 Å². The van der Waals surface area contributed by atoms with Crippen LogP contribution in [0.15, 0.2) is 18.2 Å². The van der Waals surface area contributed by atoms with Gasteiger partial charge >= 0.3 is 0 Å². The van der Waals surface area contributed by atoms with E-state index in [1.807, 2.05) is 0 Å². The van der Waals surface area contributed by atoms with Gasteiger partial charge in [-0.2, -0.15) is 0 Å². The lowest BCUT2D eigenvalue weighted by Gasteiger charge is -2.58. The van der Waals surface area contributed by atoms with Crippen LogP contribution in [0.1, 0.15) is 43.2 Å². The maximum Gasteiger partial charge on any atom is 0.0364 e. The van der Waals surface area contributed by atoms with E-state index in [9.17, 15) is 0 Å². The van der Waals surface area contributed by atoms with Crippen molar-refractivity contribution in [2.45, 2.75) is 50.0 Å². The van der Waals surface area contributed by atoms with E-state index >= 15 is 0 Å². The summed E-state index contributed by atoms with van der Waals surface area (Å²) in [6.45, 7) is 1.28. The maximum absolute atomic E-state index is 2.65. The molecule has 1 heterocycles. The number of anilines is 1. The minimum absolute atomic E-state index is 0.495. The van der Waals surface area contributed by atoms with Crippen molar-refractivity contribution in [2.24, 2.45) is 5.92 Å². The first-order valence-electron chi connectivity index (χ1n) is 8.63. The van der Waals surface area contributed by atoms with Gasteiger partial charge in [-0.1, -0.05) is 18.9 Å². The number of nitrogens with zero attached hydrogens (tertiary/aromatic N) is 2. The van der Waals surface area contributed by atoms with Gasteiger partial charge < -0.3 is 9.80 Å². The molecule has 4 rings (SSSR count). The molecule has 2 aliphatic carbocycles. The molecule has 3 aliphatic rings. The Morgan fingerprint density at radius 3 is 2.86 bits per heavy atom. The Morgan fingerprint density at radius 2 is 2.05 bits per heavy atom. The molecule has 2 heteroatoms. The lowest BCUT2D eigenvalue weighted by atomic mass is 9.52. The number of likely N-dealkylation sites (tertiary alicyclic amines) is 1. The Kier molecular flexibility index (Phi) is 3.08. The molecule has 1 aliphatic heterocycles. The molecule has 2 fully saturated rings. The third-order valence-corrected chi connectivity index (χ3v) is 6.61. The van der Waals surface area contributed by atoms with Crippen LogP contribution in [0, 0.1) is 5.92 Å². The fourth-order valence-corrected chi connectivity index (χ4v) is 5.46. The third kappa shape index (κ3) is 1.88. The molecule has 3 atom stereocenters. The third-order valence-electron chi connectivity index (χ3n) is 6.61. The molecule has 1 saturated heterocycles. The molecular weight excluding hydrogens is 256 g/mol. The molecule has 2 nitrogen and oxygen atoms in total. The molecule has 1 unspecified atom stereocenters. The van der Waals surface area contributed by atoms with Crippen molar-refractivity contribution >= 4 is 5.69 Å². The monoisotopic (exact) mass is 284 g/mol. The van der Waals surface area contributed by atoms with Crippen LogP contribution in [0.4, 0.5) is 5.69 Å². The largest absolute Gasteiger partial charge is 0.378 e. The SMILES string of the molecule is CN(C)c1ccc2c(c1)[C@]13CCCCC1[C@@H](C2)N(C)CC3. The van der Waals surface area contributed by atoms with Gasteiger partial charge in [-0.25, -0.2) is 0 Å². The average Bonchev–Trinajstić information content (AvgIpc) is 2.50. The van der Waals surface area contributed by atoms with Crippen LogP contribution in [0.2, 0.25) is 0 Å². The topological polar surface area (TPSA) is 6.48 Å². The highest BCUT2D eigenvalue weighted by atomic mass is 15.2. The number of fused-ring (bicyclic) bond motifs is 1.